The van der Waals surface area contributed by atoms with Crippen LogP contribution in [-0.2, 0) is 12.8 Å². The molecule has 0 fully saturated rings. The molecule has 2 rings (SSSR count). The summed E-state index contributed by atoms with van der Waals surface area (Å²) in [6.45, 7) is 2.12. The number of benzene rings is 1. The predicted molar refractivity (Wildman–Crippen MR) is 54.4 cm³/mol. The van der Waals surface area contributed by atoms with E-state index in [0.717, 1.165) is 5.75 Å². The van der Waals surface area contributed by atoms with Crippen molar-refractivity contribution in [2.45, 2.75) is 32.6 Å². The van der Waals surface area contributed by atoms with Gasteiger partial charge in [0.1, 0.15) is 5.75 Å². The van der Waals surface area contributed by atoms with E-state index in [4.69, 9.17) is 4.74 Å². The minimum absolute atomic E-state index is 1.12. The molecule has 13 heavy (non-hydrogen) atoms. The van der Waals surface area contributed by atoms with Crippen LogP contribution >= 0.6 is 0 Å². The van der Waals surface area contributed by atoms with Gasteiger partial charge < -0.3 is 4.74 Å². The smallest absolute Gasteiger partial charge is 0.125 e. The van der Waals surface area contributed by atoms with E-state index in [1.54, 1.807) is 7.11 Å². The summed E-state index contributed by atoms with van der Waals surface area (Å²) < 4.78 is 5.44. The van der Waals surface area contributed by atoms with Crippen molar-refractivity contribution in [3.63, 3.8) is 0 Å². The molecule has 0 atom stereocenters. The Labute approximate surface area is 79.7 Å². The Morgan fingerprint density at radius 1 is 1.15 bits per heavy atom. The van der Waals surface area contributed by atoms with Gasteiger partial charge in [0.25, 0.3) is 0 Å². The zero-order valence-electron chi connectivity index (χ0n) is 8.39. The zero-order valence-corrected chi connectivity index (χ0v) is 8.39. The molecule has 0 aliphatic heterocycles. The summed E-state index contributed by atoms with van der Waals surface area (Å²) in [7, 11) is 1.78. The Morgan fingerprint density at radius 2 is 1.92 bits per heavy atom. The van der Waals surface area contributed by atoms with Crippen LogP contribution in [0.15, 0.2) is 12.1 Å². The van der Waals surface area contributed by atoms with E-state index in [9.17, 15) is 0 Å². The van der Waals surface area contributed by atoms with Crippen molar-refractivity contribution in [1.82, 2.24) is 0 Å². The summed E-state index contributed by atoms with van der Waals surface area (Å²) in [6.07, 6.45) is 5.07. The normalized spacial score (nSPS) is 15.2. The topological polar surface area (TPSA) is 9.23 Å². The van der Waals surface area contributed by atoms with Crippen molar-refractivity contribution < 1.29 is 4.74 Å². The van der Waals surface area contributed by atoms with Gasteiger partial charge in [0.2, 0.25) is 0 Å². The third kappa shape index (κ3) is 1.43. The summed E-state index contributed by atoms with van der Waals surface area (Å²) >= 11 is 0. The van der Waals surface area contributed by atoms with E-state index < -0.39 is 0 Å². The lowest BCUT2D eigenvalue weighted by molar-refractivity contribution is 0.403. The van der Waals surface area contributed by atoms with Crippen molar-refractivity contribution in [3.8, 4) is 5.75 Å². The van der Waals surface area contributed by atoms with E-state index >= 15 is 0 Å². The van der Waals surface area contributed by atoms with E-state index in [-0.39, 0.29) is 0 Å². The van der Waals surface area contributed by atoms with Gasteiger partial charge in [-0.1, -0.05) is 12.1 Å². The van der Waals surface area contributed by atoms with Crippen LogP contribution in [0.3, 0.4) is 0 Å². The summed E-state index contributed by atoms with van der Waals surface area (Å²) in [5.41, 5.74) is 4.21. The molecule has 1 aliphatic rings. The first-order valence-electron chi connectivity index (χ1n) is 4.98. The average Bonchev–Trinajstić information content (AvgIpc) is 2.18. The van der Waals surface area contributed by atoms with Gasteiger partial charge in [0, 0.05) is 0 Å². The first-order valence-corrected chi connectivity index (χ1v) is 4.98. The Hall–Kier alpha value is -0.980. The van der Waals surface area contributed by atoms with Crippen LogP contribution in [0.1, 0.15) is 29.5 Å². The van der Waals surface area contributed by atoms with Crippen LogP contribution in [-0.4, -0.2) is 7.11 Å². The van der Waals surface area contributed by atoms with Gasteiger partial charge in [-0.3, -0.25) is 0 Å². The Balaban J connectivity index is 2.52. The third-order valence-electron chi connectivity index (χ3n) is 2.88. The molecule has 0 bridgehead atoms. The molecule has 0 unspecified atom stereocenters. The molecule has 0 saturated heterocycles. The fraction of sp³-hybridized carbons (Fsp3) is 0.500. The van der Waals surface area contributed by atoms with Crippen LogP contribution in [0.2, 0.25) is 0 Å². The highest BCUT2D eigenvalue weighted by Crippen LogP contribution is 2.32. The van der Waals surface area contributed by atoms with Crippen molar-refractivity contribution in [2.75, 3.05) is 7.11 Å². The predicted octanol–water partition coefficient (Wildman–Crippen LogP) is 2.88. The highest BCUT2D eigenvalue weighted by molar-refractivity contribution is 5.47. The molecule has 0 spiro atoms. The second-order valence-electron chi connectivity index (χ2n) is 3.76. The molecule has 0 amide bonds. The van der Waals surface area contributed by atoms with Gasteiger partial charge in [-0.2, -0.15) is 0 Å². The first-order chi connectivity index (χ1) is 6.33. The molecule has 0 heterocycles. The second-order valence-corrected chi connectivity index (χ2v) is 3.76. The SMILES string of the molecule is COc1c(C)ccc2c1CCCC2. The van der Waals surface area contributed by atoms with Gasteiger partial charge in [-0.25, -0.2) is 0 Å². The largest absolute Gasteiger partial charge is 0.496 e. The summed E-state index contributed by atoms with van der Waals surface area (Å²) in [4.78, 5) is 0. The number of aryl methyl sites for hydroxylation is 2. The van der Waals surface area contributed by atoms with E-state index in [0.29, 0.717) is 0 Å². The minimum Gasteiger partial charge on any atom is -0.496 e. The molecule has 0 radical (unpaired) electrons. The van der Waals surface area contributed by atoms with E-state index in [2.05, 4.69) is 19.1 Å². The molecular formula is C12H16O. The van der Waals surface area contributed by atoms with E-state index in [1.807, 2.05) is 0 Å². The van der Waals surface area contributed by atoms with Crippen molar-refractivity contribution in [2.24, 2.45) is 0 Å². The summed E-state index contributed by atoms with van der Waals surface area (Å²) in [6, 6.07) is 4.43. The Morgan fingerprint density at radius 3 is 2.69 bits per heavy atom. The quantitative estimate of drug-likeness (QED) is 0.639. The number of fused-ring (bicyclic) bond motifs is 1. The lowest BCUT2D eigenvalue weighted by Gasteiger charge is -2.19. The lowest BCUT2D eigenvalue weighted by atomic mass is 9.89. The van der Waals surface area contributed by atoms with Crippen LogP contribution in [0.25, 0.3) is 0 Å². The Bertz CT molecular complexity index is 315. The van der Waals surface area contributed by atoms with Crippen LogP contribution < -0.4 is 4.74 Å². The molecule has 0 N–H and O–H groups in total. The maximum Gasteiger partial charge on any atom is 0.125 e. The Kier molecular flexibility index (Phi) is 2.26. The zero-order chi connectivity index (χ0) is 9.26. The number of hydrogen-bond donors (Lipinski definition) is 0. The molecule has 1 heteroatoms. The molecule has 1 aliphatic carbocycles. The monoisotopic (exact) mass is 176 g/mol. The molecule has 0 saturated carbocycles. The van der Waals surface area contributed by atoms with Gasteiger partial charge in [-0.05, 0) is 49.3 Å². The third-order valence-corrected chi connectivity index (χ3v) is 2.88. The number of ether oxygens (including phenoxy) is 1. The molecule has 70 valence electrons. The fourth-order valence-corrected chi connectivity index (χ4v) is 2.20. The highest BCUT2D eigenvalue weighted by Gasteiger charge is 2.14. The summed E-state index contributed by atoms with van der Waals surface area (Å²) in [5, 5.41) is 0. The van der Waals surface area contributed by atoms with Gasteiger partial charge in [-0.15, -0.1) is 0 Å². The average molecular weight is 176 g/mol. The second kappa shape index (κ2) is 3.41. The van der Waals surface area contributed by atoms with Crippen molar-refractivity contribution in [3.05, 3.63) is 28.8 Å². The summed E-state index contributed by atoms with van der Waals surface area (Å²) in [5.74, 6) is 1.12. The maximum atomic E-state index is 5.44. The minimum atomic E-state index is 1.12. The van der Waals surface area contributed by atoms with Gasteiger partial charge in [0.05, 0.1) is 7.11 Å². The molecule has 1 aromatic rings. The molecular weight excluding hydrogens is 160 g/mol. The maximum absolute atomic E-state index is 5.44. The van der Waals surface area contributed by atoms with Crippen molar-refractivity contribution in [1.29, 1.82) is 0 Å². The highest BCUT2D eigenvalue weighted by atomic mass is 16.5. The number of methoxy groups -OCH3 is 1. The van der Waals surface area contributed by atoms with Crippen LogP contribution in [0, 0.1) is 6.92 Å². The molecule has 1 aromatic carbocycles. The van der Waals surface area contributed by atoms with Gasteiger partial charge in [0.15, 0.2) is 0 Å². The standard InChI is InChI=1S/C12H16O/c1-9-7-8-10-5-3-4-6-11(10)12(9)13-2/h7-8H,3-6H2,1-2H3. The van der Waals surface area contributed by atoms with Crippen LogP contribution in [0.5, 0.6) is 5.75 Å². The van der Waals surface area contributed by atoms with E-state index in [1.165, 1.54) is 42.4 Å². The number of hydrogen-bond acceptors (Lipinski definition) is 1. The molecule has 1 nitrogen and oxygen atoms in total. The number of rotatable bonds is 1. The van der Waals surface area contributed by atoms with Crippen LogP contribution in [0.4, 0.5) is 0 Å². The fourth-order valence-electron chi connectivity index (χ4n) is 2.20. The molecule has 0 aromatic heterocycles. The first kappa shape index (κ1) is 8.61. The lowest BCUT2D eigenvalue weighted by Crippen LogP contribution is -2.05. The van der Waals surface area contributed by atoms with Crippen molar-refractivity contribution >= 4 is 0 Å². The van der Waals surface area contributed by atoms with Gasteiger partial charge >= 0.3 is 0 Å².